The number of rotatable bonds is 8. The Morgan fingerprint density at radius 3 is 2.65 bits per heavy atom. The minimum atomic E-state index is -0.398. The van der Waals surface area contributed by atoms with Gasteiger partial charge in [-0.2, -0.15) is 4.80 Å². The summed E-state index contributed by atoms with van der Waals surface area (Å²) in [5.41, 5.74) is 1.34. The Morgan fingerprint density at radius 1 is 1.08 bits per heavy atom. The van der Waals surface area contributed by atoms with Crippen LogP contribution in [0.2, 0.25) is 0 Å². The Kier molecular flexibility index (Phi) is 5.92. The molecule has 7 heteroatoms. The number of esters is 1. The number of hydrogen-bond donors (Lipinski definition) is 0. The van der Waals surface area contributed by atoms with E-state index >= 15 is 0 Å². The van der Waals surface area contributed by atoms with Gasteiger partial charge in [0.05, 0.1) is 19.8 Å². The summed E-state index contributed by atoms with van der Waals surface area (Å²) in [4.78, 5) is 13.7. The summed E-state index contributed by atoms with van der Waals surface area (Å²) in [7, 11) is 0. The number of carbonyl (C=O) groups is 1. The third-order valence-corrected chi connectivity index (χ3v) is 3.63. The van der Waals surface area contributed by atoms with Crippen molar-refractivity contribution in [3.05, 3.63) is 60.2 Å². The van der Waals surface area contributed by atoms with Crippen LogP contribution in [-0.4, -0.2) is 39.4 Å². The number of aryl methyl sites for hydroxylation is 1. The highest BCUT2D eigenvalue weighted by molar-refractivity contribution is 5.92. The Labute approximate surface area is 151 Å². The first-order chi connectivity index (χ1) is 12.8. The van der Waals surface area contributed by atoms with Crippen LogP contribution in [0.15, 0.2) is 54.6 Å². The zero-order valence-electron chi connectivity index (χ0n) is 14.5. The second-order valence-corrected chi connectivity index (χ2v) is 5.49. The van der Waals surface area contributed by atoms with Gasteiger partial charge in [-0.1, -0.05) is 42.5 Å². The number of benzene rings is 2. The van der Waals surface area contributed by atoms with Crippen LogP contribution in [0.1, 0.15) is 23.7 Å². The summed E-state index contributed by atoms with van der Waals surface area (Å²) in [5, 5.41) is 12.4. The minimum Gasteiger partial charge on any atom is -0.493 e. The predicted molar refractivity (Wildman–Crippen MR) is 95.8 cm³/mol. The number of tetrazole rings is 1. The van der Waals surface area contributed by atoms with Crippen LogP contribution in [0.25, 0.3) is 11.4 Å². The fourth-order valence-electron chi connectivity index (χ4n) is 2.41. The summed E-state index contributed by atoms with van der Waals surface area (Å²) in [6.45, 7) is 3.14. The van der Waals surface area contributed by atoms with Crippen molar-refractivity contribution in [2.24, 2.45) is 0 Å². The molecule has 0 saturated heterocycles. The highest BCUT2D eigenvalue weighted by atomic mass is 16.5. The predicted octanol–water partition coefficient (Wildman–Crippen LogP) is 2.99. The summed E-state index contributed by atoms with van der Waals surface area (Å²) >= 11 is 0. The summed E-state index contributed by atoms with van der Waals surface area (Å²) in [6, 6.07) is 16.7. The SMILES string of the molecule is CCOc1ccccc1C(=O)OCCCn1nnc(-c2ccccc2)n1. The Bertz CT molecular complexity index is 849. The lowest BCUT2D eigenvalue weighted by atomic mass is 10.2. The molecule has 0 fully saturated rings. The van der Waals surface area contributed by atoms with Crippen LogP contribution in [0.3, 0.4) is 0 Å². The molecule has 0 unspecified atom stereocenters. The molecule has 2 aromatic carbocycles. The molecule has 26 heavy (non-hydrogen) atoms. The van der Waals surface area contributed by atoms with E-state index in [2.05, 4.69) is 15.4 Å². The maximum absolute atomic E-state index is 12.2. The van der Waals surface area contributed by atoms with Crippen LogP contribution < -0.4 is 4.74 Å². The topological polar surface area (TPSA) is 79.1 Å². The van der Waals surface area contributed by atoms with Gasteiger partial charge in [-0.3, -0.25) is 0 Å². The molecule has 3 aromatic rings. The van der Waals surface area contributed by atoms with Crippen molar-refractivity contribution in [2.75, 3.05) is 13.2 Å². The molecular weight excluding hydrogens is 332 g/mol. The minimum absolute atomic E-state index is 0.265. The van der Waals surface area contributed by atoms with E-state index in [0.717, 1.165) is 5.56 Å². The van der Waals surface area contributed by atoms with Gasteiger partial charge in [0, 0.05) is 12.0 Å². The van der Waals surface area contributed by atoms with Crippen molar-refractivity contribution in [2.45, 2.75) is 19.9 Å². The molecule has 0 spiro atoms. The molecule has 7 nitrogen and oxygen atoms in total. The van der Waals surface area contributed by atoms with Gasteiger partial charge in [-0.25, -0.2) is 4.79 Å². The molecule has 0 radical (unpaired) electrons. The van der Waals surface area contributed by atoms with Crippen molar-refractivity contribution < 1.29 is 14.3 Å². The van der Waals surface area contributed by atoms with Gasteiger partial charge in [0.1, 0.15) is 11.3 Å². The molecule has 1 heterocycles. The fourth-order valence-corrected chi connectivity index (χ4v) is 2.41. The standard InChI is InChI=1S/C19H20N4O3/c1-2-25-17-12-7-6-11-16(17)19(24)26-14-8-13-23-21-18(20-22-23)15-9-4-3-5-10-15/h3-7,9-12H,2,8,13-14H2,1H3. The van der Waals surface area contributed by atoms with Crippen molar-refractivity contribution >= 4 is 5.97 Å². The Morgan fingerprint density at radius 2 is 1.85 bits per heavy atom. The van der Waals surface area contributed by atoms with Gasteiger partial charge in [0.25, 0.3) is 0 Å². The Hall–Kier alpha value is -3.22. The maximum Gasteiger partial charge on any atom is 0.341 e. The normalized spacial score (nSPS) is 10.5. The van der Waals surface area contributed by atoms with E-state index in [1.807, 2.05) is 43.3 Å². The number of ether oxygens (including phenoxy) is 2. The van der Waals surface area contributed by atoms with Crippen LogP contribution in [0, 0.1) is 0 Å². The van der Waals surface area contributed by atoms with Crippen molar-refractivity contribution in [1.82, 2.24) is 20.2 Å². The number of para-hydroxylation sites is 1. The molecule has 3 rings (SSSR count). The van der Waals surface area contributed by atoms with Crippen LogP contribution in [0.5, 0.6) is 5.75 Å². The van der Waals surface area contributed by atoms with Gasteiger partial charge < -0.3 is 9.47 Å². The molecule has 0 atom stereocenters. The maximum atomic E-state index is 12.2. The molecule has 0 aliphatic heterocycles. The van der Waals surface area contributed by atoms with E-state index < -0.39 is 5.97 Å². The van der Waals surface area contributed by atoms with Gasteiger partial charge >= 0.3 is 5.97 Å². The highest BCUT2D eigenvalue weighted by Crippen LogP contribution is 2.19. The lowest BCUT2D eigenvalue weighted by Crippen LogP contribution is -2.11. The van der Waals surface area contributed by atoms with Crippen molar-refractivity contribution in [1.29, 1.82) is 0 Å². The van der Waals surface area contributed by atoms with E-state index in [9.17, 15) is 4.79 Å². The zero-order valence-corrected chi connectivity index (χ0v) is 14.5. The van der Waals surface area contributed by atoms with Crippen LogP contribution in [0.4, 0.5) is 0 Å². The molecule has 134 valence electrons. The highest BCUT2D eigenvalue weighted by Gasteiger charge is 2.13. The lowest BCUT2D eigenvalue weighted by molar-refractivity contribution is 0.0489. The summed E-state index contributed by atoms with van der Waals surface area (Å²) in [5.74, 6) is 0.712. The van der Waals surface area contributed by atoms with Crippen molar-refractivity contribution in [3.8, 4) is 17.1 Å². The number of carbonyl (C=O) groups excluding carboxylic acids is 1. The van der Waals surface area contributed by atoms with Crippen molar-refractivity contribution in [3.63, 3.8) is 0 Å². The average Bonchev–Trinajstić information content (AvgIpc) is 3.15. The van der Waals surface area contributed by atoms with Gasteiger partial charge in [0.15, 0.2) is 0 Å². The monoisotopic (exact) mass is 352 g/mol. The second kappa shape index (κ2) is 8.75. The summed E-state index contributed by atoms with van der Waals surface area (Å²) in [6.07, 6.45) is 0.590. The molecule has 0 bridgehead atoms. The number of nitrogens with zero attached hydrogens (tertiary/aromatic N) is 4. The van der Waals surface area contributed by atoms with E-state index in [4.69, 9.17) is 9.47 Å². The molecular formula is C19H20N4O3. The van der Waals surface area contributed by atoms with Gasteiger partial charge in [-0.15, -0.1) is 10.2 Å². The third-order valence-electron chi connectivity index (χ3n) is 3.63. The molecule has 0 aliphatic rings. The zero-order chi connectivity index (χ0) is 18.2. The smallest absolute Gasteiger partial charge is 0.341 e. The van der Waals surface area contributed by atoms with Gasteiger partial charge in [0.2, 0.25) is 5.82 Å². The second-order valence-electron chi connectivity index (χ2n) is 5.49. The first-order valence-electron chi connectivity index (χ1n) is 8.50. The molecule has 0 saturated carbocycles. The van der Waals surface area contributed by atoms with E-state index in [0.29, 0.717) is 36.7 Å². The quantitative estimate of drug-likeness (QED) is 0.458. The van der Waals surface area contributed by atoms with Crippen LogP contribution in [-0.2, 0) is 11.3 Å². The largest absolute Gasteiger partial charge is 0.493 e. The van der Waals surface area contributed by atoms with E-state index in [1.165, 1.54) is 4.80 Å². The lowest BCUT2D eigenvalue weighted by Gasteiger charge is -2.09. The molecule has 1 aromatic heterocycles. The number of hydrogen-bond acceptors (Lipinski definition) is 6. The first kappa shape index (κ1) is 17.6. The summed E-state index contributed by atoms with van der Waals surface area (Å²) < 4.78 is 10.8. The number of aromatic nitrogens is 4. The fraction of sp³-hybridized carbons (Fsp3) is 0.263. The van der Waals surface area contributed by atoms with E-state index in [-0.39, 0.29) is 6.61 Å². The molecule has 0 aliphatic carbocycles. The first-order valence-corrected chi connectivity index (χ1v) is 8.50. The average molecular weight is 352 g/mol. The molecule has 0 amide bonds. The van der Waals surface area contributed by atoms with E-state index in [1.54, 1.807) is 18.2 Å². The van der Waals surface area contributed by atoms with Crippen LogP contribution >= 0.6 is 0 Å². The molecule has 0 N–H and O–H groups in total. The third kappa shape index (κ3) is 4.44. The Balaban J connectivity index is 1.49. The van der Waals surface area contributed by atoms with Gasteiger partial charge in [-0.05, 0) is 24.3 Å².